The van der Waals surface area contributed by atoms with Gasteiger partial charge < -0.3 is 10.2 Å². The van der Waals surface area contributed by atoms with Gasteiger partial charge in [-0.2, -0.15) is 0 Å². The Labute approximate surface area is 44.1 Å². The van der Waals surface area contributed by atoms with Gasteiger partial charge >= 0.3 is 6.16 Å². The first kappa shape index (κ1) is 6.36. The van der Waals surface area contributed by atoms with Crippen molar-refractivity contribution in [2.45, 2.75) is 6.16 Å². The topological polar surface area (TPSA) is 65.5 Å². The van der Waals surface area contributed by atoms with Crippen LogP contribution < -0.4 is 0 Å². The van der Waals surface area contributed by atoms with E-state index in [1.165, 1.54) is 0 Å². The number of hydrogen-bond donors (Lipinski definition) is 2. The van der Waals surface area contributed by atoms with Gasteiger partial charge in [-0.1, -0.05) is 0 Å². The van der Waals surface area contributed by atoms with E-state index in [1.54, 1.807) is 0 Å². The Kier molecular flexibility index (Phi) is 1.54. The Morgan fingerprint density at radius 1 is 1.17 bits per heavy atom. The molecular formula is CH2CuO4. The van der Waals surface area contributed by atoms with Gasteiger partial charge in [0.1, 0.15) is 0 Å². The predicted molar refractivity (Wildman–Crippen MR) is 9.34 cm³/mol. The molecule has 1 fully saturated rings. The molecule has 1 radical (unpaired) electrons. The summed E-state index contributed by atoms with van der Waals surface area (Å²) < 4.78 is 0. The summed E-state index contributed by atoms with van der Waals surface area (Å²) in [5.74, 6) is 0. The summed E-state index contributed by atoms with van der Waals surface area (Å²) in [7, 11) is 0. The first-order valence-electron chi connectivity index (χ1n) is 1.02. The van der Waals surface area contributed by atoms with Crippen molar-refractivity contribution in [3.63, 3.8) is 0 Å². The summed E-state index contributed by atoms with van der Waals surface area (Å²) >= 11 is 0. The van der Waals surface area contributed by atoms with E-state index in [0.29, 0.717) is 0 Å². The summed E-state index contributed by atoms with van der Waals surface area (Å²) in [6.07, 6.45) is -2.25. The quantitative estimate of drug-likeness (QED) is 0.187. The maximum atomic E-state index is 7.74. The molecule has 1 aliphatic rings. The van der Waals surface area contributed by atoms with Crippen LogP contribution in [0.5, 0.6) is 0 Å². The molecule has 4 nitrogen and oxygen atoms in total. The molecule has 0 aromatic carbocycles. The molecule has 0 unspecified atom stereocenters. The summed E-state index contributed by atoms with van der Waals surface area (Å²) in [6, 6.07) is 0. The Hall–Kier alpha value is 0.359. The van der Waals surface area contributed by atoms with Gasteiger partial charge in [-0.3, -0.25) is 0 Å². The van der Waals surface area contributed by atoms with Crippen molar-refractivity contribution in [1.82, 2.24) is 0 Å². The van der Waals surface area contributed by atoms with E-state index >= 15 is 0 Å². The van der Waals surface area contributed by atoms with Crippen molar-refractivity contribution in [2.75, 3.05) is 0 Å². The molecule has 2 N–H and O–H groups in total. The Balaban J connectivity index is 0.000000250. The average molecular weight is 142 g/mol. The van der Waals surface area contributed by atoms with E-state index < -0.39 is 6.16 Å². The van der Waals surface area contributed by atoms with Crippen LogP contribution in [0.1, 0.15) is 0 Å². The standard InChI is InChI=1S/CH2O4.Cu/c2-1(3)4-5-1;/h2-3H;. The molecule has 0 amide bonds. The molecule has 0 aromatic heterocycles. The molecule has 0 atom stereocenters. The normalized spacial score (nSPS) is 25.0. The minimum atomic E-state index is -2.25. The first-order chi connectivity index (χ1) is 2.21. The van der Waals surface area contributed by atoms with Gasteiger partial charge in [0, 0.05) is 17.1 Å². The van der Waals surface area contributed by atoms with Gasteiger partial charge in [-0.25, -0.2) is 0 Å². The van der Waals surface area contributed by atoms with Crippen LogP contribution in [0.25, 0.3) is 0 Å². The molecule has 1 saturated heterocycles. The Bertz CT molecular complexity index is 45.5. The van der Waals surface area contributed by atoms with Crippen LogP contribution in [0.3, 0.4) is 0 Å². The third-order valence-corrected chi connectivity index (χ3v) is 0.232. The van der Waals surface area contributed by atoms with Crippen LogP contribution in [-0.2, 0) is 26.8 Å². The van der Waals surface area contributed by atoms with E-state index in [2.05, 4.69) is 9.78 Å². The summed E-state index contributed by atoms with van der Waals surface area (Å²) in [5.41, 5.74) is 0. The van der Waals surface area contributed by atoms with Crippen LogP contribution in [-0.4, -0.2) is 16.4 Å². The van der Waals surface area contributed by atoms with Gasteiger partial charge in [0.2, 0.25) is 0 Å². The minimum absolute atomic E-state index is 0. The molecule has 0 aromatic rings. The van der Waals surface area contributed by atoms with Crippen LogP contribution in [0.4, 0.5) is 0 Å². The van der Waals surface area contributed by atoms with Crippen molar-refractivity contribution in [3.8, 4) is 0 Å². The van der Waals surface area contributed by atoms with E-state index in [4.69, 9.17) is 10.2 Å². The summed E-state index contributed by atoms with van der Waals surface area (Å²) in [4.78, 5) is 7.01. The fourth-order valence-electron chi connectivity index (χ4n) is 0.0373. The largest absolute Gasteiger partial charge is 0.461 e. The molecule has 0 aliphatic carbocycles. The molecule has 1 rings (SSSR count). The second kappa shape index (κ2) is 1.46. The maximum absolute atomic E-state index is 7.74. The molecule has 0 spiro atoms. The van der Waals surface area contributed by atoms with Crippen LogP contribution in [0.15, 0.2) is 0 Å². The predicted octanol–water partition coefficient (Wildman–Crippen LogP) is -1.46. The minimum Gasteiger partial charge on any atom is -0.315 e. The zero-order valence-electron chi connectivity index (χ0n) is 2.51. The monoisotopic (exact) mass is 141 g/mol. The maximum Gasteiger partial charge on any atom is 0.461 e. The smallest absolute Gasteiger partial charge is 0.315 e. The van der Waals surface area contributed by atoms with Crippen molar-refractivity contribution in [1.29, 1.82) is 0 Å². The second-order valence-electron chi connectivity index (χ2n) is 0.715. The number of aliphatic hydroxyl groups is 2. The SMILES string of the molecule is OC1(O)OO1.[Cu]. The van der Waals surface area contributed by atoms with Crippen LogP contribution in [0, 0.1) is 0 Å². The molecule has 1 aliphatic heterocycles. The van der Waals surface area contributed by atoms with E-state index in [-0.39, 0.29) is 17.1 Å². The molecular weight excluding hydrogens is 140 g/mol. The van der Waals surface area contributed by atoms with Crippen molar-refractivity contribution < 1.29 is 37.1 Å². The van der Waals surface area contributed by atoms with Crippen molar-refractivity contribution >= 4 is 0 Å². The second-order valence-corrected chi connectivity index (χ2v) is 0.715. The molecule has 5 heteroatoms. The fourth-order valence-corrected chi connectivity index (χ4v) is 0.0373. The third-order valence-electron chi connectivity index (χ3n) is 0.232. The molecule has 0 bridgehead atoms. The number of rotatable bonds is 0. The number of hydrogen-bond acceptors (Lipinski definition) is 4. The third kappa shape index (κ3) is 1.71. The van der Waals surface area contributed by atoms with Crippen LogP contribution >= 0.6 is 0 Å². The van der Waals surface area contributed by atoms with E-state index in [1.807, 2.05) is 0 Å². The van der Waals surface area contributed by atoms with Crippen molar-refractivity contribution in [3.05, 3.63) is 0 Å². The van der Waals surface area contributed by atoms with Gasteiger partial charge in [0.15, 0.2) is 0 Å². The summed E-state index contributed by atoms with van der Waals surface area (Å²) in [5, 5.41) is 15.5. The molecule has 0 saturated carbocycles. The molecule has 41 valence electrons. The zero-order valence-corrected chi connectivity index (χ0v) is 3.45. The fraction of sp³-hybridized carbons (Fsp3) is 1.00. The molecule has 1 heterocycles. The van der Waals surface area contributed by atoms with E-state index in [0.717, 1.165) is 0 Å². The van der Waals surface area contributed by atoms with Gasteiger partial charge in [-0.05, 0) is 0 Å². The van der Waals surface area contributed by atoms with Gasteiger partial charge in [0.05, 0.1) is 0 Å². The van der Waals surface area contributed by atoms with Crippen LogP contribution in [0.2, 0.25) is 0 Å². The van der Waals surface area contributed by atoms with E-state index in [9.17, 15) is 0 Å². The van der Waals surface area contributed by atoms with Gasteiger partial charge in [0.25, 0.3) is 0 Å². The van der Waals surface area contributed by atoms with Crippen molar-refractivity contribution in [2.24, 2.45) is 0 Å². The first-order valence-corrected chi connectivity index (χ1v) is 1.02. The molecule has 6 heavy (non-hydrogen) atoms. The Morgan fingerprint density at radius 2 is 1.33 bits per heavy atom. The summed E-state index contributed by atoms with van der Waals surface area (Å²) in [6.45, 7) is 0. The average Bonchev–Trinajstić information content (AvgIpc) is 1.76. The zero-order chi connectivity index (χ0) is 3.91. The Morgan fingerprint density at radius 3 is 1.33 bits per heavy atom. The van der Waals surface area contributed by atoms with Gasteiger partial charge in [-0.15, -0.1) is 9.78 Å².